The summed E-state index contributed by atoms with van der Waals surface area (Å²) in [6.07, 6.45) is 13.0. The van der Waals surface area contributed by atoms with Crippen LogP contribution in [0.5, 0.6) is 0 Å². The minimum atomic E-state index is -1.00. The summed E-state index contributed by atoms with van der Waals surface area (Å²) in [5.41, 5.74) is 4.55. The summed E-state index contributed by atoms with van der Waals surface area (Å²) in [7, 11) is 0. The smallest absolute Gasteiger partial charge is 0.326 e. The first-order valence-corrected chi connectivity index (χ1v) is 14.7. The van der Waals surface area contributed by atoms with Gasteiger partial charge in [0.25, 0.3) is 5.91 Å². The number of carboxylic acid groups (broad SMARTS) is 1. The number of nitrogens with one attached hydrogen (secondary N) is 2. The van der Waals surface area contributed by atoms with Crippen molar-refractivity contribution < 1.29 is 19.5 Å². The van der Waals surface area contributed by atoms with Gasteiger partial charge in [-0.3, -0.25) is 9.59 Å². The zero-order valence-corrected chi connectivity index (χ0v) is 23.2. The van der Waals surface area contributed by atoms with Gasteiger partial charge < -0.3 is 15.7 Å². The van der Waals surface area contributed by atoms with Crippen molar-refractivity contribution in [2.45, 2.75) is 83.7 Å². The predicted molar refractivity (Wildman–Crippen MR) is 153 cm³/mol. The Labute approximate surface area is 226 Å². The summed E-state index contributed by atoms with van der Waals surface area (Å²) in [6, 6.07) is 13.2. The van der Waals surface area contributed by atoms with E-state index in [1.807, 2.05) is 49.6 Å². The Morgan fingerprint density at radius 1 is 1.05 bits per heavy atom. The van der Waals surface area contributed by atoms with Gasteiger partial charge in [0, 0.05) is 11.6 Å². The van der Waals surface area contributed by atoms with E-state index in [1.54, 1.807) is 17.8 Å². The van der Waals surface area contributed by atoms with Gasteiger partial charge in [-0.25, -0.2) is 4.79 Å². The summed E-state index contributed by atoms with van der Waals surface area (Å²) in [6.45, 7) is 4.08. The predicted octanol–water partition coefficient (Wildman–Crippen LogP) is 6.01. The van der Waals surface area contributed by atoms with E-state index < -0.39 is 12.0 Å². The fraction of sp³-hybridized carbons (Fsp3) is 0.500. The van der Waals surface area contributed by atoms with Gasteiger partial charge in [0.1, 0.15) is 6.04 Å². The van der Waals surface area contributed by atoms with E-state index in [1.165, 1.54) is 44.9 Å². The van der Waals surface area contributed by atoms with Crippen LogP contribution in [0, 0.1) is 6.92 Å². The van der Waals surface area contributed by atoms with E-state index >= 15 is 0 Å². The first-order valence-electron chi connectivity index (χ1n) is 13.3. The summed E-state index contributed by atoms with van der Waals surface area (Å²) >= 11 is 1.56. The maximum atomic E-state index is 12.8. The molecule has 1 fully saturated rings. The fourth-order valence-corrected chi connectivity index (χ4v) is 5.03. The van der Waals surface area contributed by atoms with Gasteiger partial charge in [0.2, 0.25) is 6.41 Å². The molecule has 202 valence electrons. The number of aliphatic carboxylic acids is 1. The van der Waals surface area contributed by atoms with Crippen LogP contribution in [0.3, 0.4) is 0 Å². The molecule has 0 heterocycles. The number of carbonyl (C=O) groups is 3. The van der Waals surface area contributed by atoms with E-state index in [2.05, 4.69) is 17.6 Å². The van der Waals surface area contributed by atoms with Crippen LogP contribution in [0.2, 0.25) is 0 Å². The van der Waals surface area contributed by atoms with Crippen molar-refractivity contribution in [3.8, 4) is 11.1 Å². The van der Waals surface area contributed by atoms with Crippen LogP contribution in [0.25, 0.3) is 11.1 Å². The molecule has 6 nitrogen and oxygen atoms in total. The minimum absolute atomic E-state index is 0.348. The van der Waals surface area contributed by atoms with Gasteiger partial charge in [-0.05, 0) is 72.9 Å². The molecule has 1 atom stereocenters. The largest absolute Gasteiger partial charge is 0.480 e. The zero-order chi connectivity index (χ0) is 27.0. The Morgan fingerprint density at radius 3 is 2.32 bits per heavy atom. The summed E-state index contributed by atoms with van der Waals surface area (Å²) in [4.78, 5) is 34.5. The SMILES string of the molecule is CCc1ccc(C(=O)NC(CCSC)C(=O)O)c(-c2ccccc2C)c1.O=CNC1CCCCCCC1. The van der Waals surface area contributed by atoms with Crippen molar-refractivity contribution in [1.82, 2.24) is 10.6 Å². The average Bonchev–Trinajstić information content (AvgIpc) is 2.88. The Morgan fingerprint density at radius 2 is 1.73 bits per heavy atom. The lowest BCUT2D eigenvalue weighted by Crippen LogP contribution is -2.41. The van der Waals surface area contributed by atoms with Crippen LogP contribution in [-0.4, -0.2) is 47.5 Å². The molecule has 37 heavy (non-hydrogen) atoms. The van der Waals surface area contributed by atoms with Gasteiger partial charge in [-0.1, -0.05) is 75.4 Å². The minimum Gasteiger partial charge on any atom is -0.480 e. The van der Waals surface area contributed by atoms with Crippen molar-refractivity contribution in [2.75, 3.05) is 12.0 Å². The number of benzene rings is 2. The monoisotopic (exact) mass is 526 g/mol. The molecule has 2 amide bonds. The Bertz CT molecular complexity index is 1000. The van der Waals surface area contributed by atoms with Gasteiger partial charge >= 0.3 is 5.97 Å². The number of hydrogen-bond donors (Lipinski definition) is 3. The molecule has 0 spiro atoms. The van der Waals surface area contributed by atoms with Crippen molar-refractivity contribution in [3.63, 3.8) is 0 Å². The van der Waals surface area contributed by atoms with E-state index in [0.29, 0.717) is 23.8 Å². The number of amides is 2. The molecule has 1 unspecified atom stereocenters. The maximum absolute atomic E-state index is 12.8. The molecule has 2 aromatic carbocycles. The second-order valence-corrected chi connectivity index (χ2v) is 10.5. The van der Waals surface area contributed by atoms with Gasteiger partial charge in [0.15, 0.2) is 0 Å². The number of rotatable bonds is 10. The first-order chi connectivity index (χ1) is 17.9. The number of thioether (sulfide) groups is 1. The molecule has 3 rings (SSSR count). The molecule has 1 aliphatic carbocycles. The lowest BCUT2D eigenvalue weighted by atomic mass is 9.93. The highest BCUT2D eigenvalue weighted by Gasteiger charge is 2.22. The summed E-state index contributed by atoms with van der Waals surface area (Å²) in [5.74, 6) is -0.675. The quantitative estimate of drug-likeness (QED) is 0.330. The molecule has 0 radical (unpaired) electrons. The normalized spacial score (nSPS) is 14.8. The van der Waals surface area contributed by atoms with Crippen molar-refractivity contribution in [2.24, 2.45) is 0 Å². The van der Waals surface area contributed by atoms with E-state index in [4.69, 9.17) is 0 Å². The Kier molecular flexibility index (Phi) is 13.9. The van der Waals surface area contributed by atoms with Gasteiger partial charge in [0.05, 0.1) is 0 Å². The number of hydrogen-bond acceptors (Lipinski definition) is 4. The van der Waals surface area contributed by atoms with Crippen LogP contribution in [0.15, 0.2) is 42.5 Å². The van der Waals surface area contributed by atoms with Crippen LogP contribution >= 0.6 is 11.8 Å². The molecule has 0 bridgehead atoms. The summed E-state index contributed by atoms with van der Waals surface area (Å²) < 4.78 is 0. The molecular formula is C30H42N2O4S. The standard InChI is InChI=1S/C21H25NO3S.C9H17NO/c1-4-15-9-10-17(18(13-15)16-8-6-5-7-14(16)2)20(23)22-19(21(24)25)11-12-26-3;11-8-10-9-6-4-2-1-3-5-7-9/h5-10,13,19H,4,11-12H2,1-3H3,(H,22,23)(H,24,25);8-9H,1-7H2,(H,10,11). The molecule has 0 saturated heterocycles. The third-order valence-corrected chi connectivity index (χ3v) is 7.44. The first kappa shape index (κ1) is 30.4. The number of carbonyl (C=O) groups excluding carboxylic acids is 2. The lowest BCUT2D eigenvalue weighted by Gasteiger charge is -2.18. The highest BCUT2D eigenvalue weighted by molar-refractivity contribution is 7.98. The zero-order valence-electron chi connectivity index (χ0n) is 22.4. The van der Waals surface area contributed by atoms with Crippen molar-refractivity contribution >= 4 is 30.0 Å². The third kappa shape index (κ3) is 10.2. The van der Waals surface area contributed by atoms with E-state index in [9.17, 15) is 19.5 Å². The second kappa shape index (κ2) is 16.8. The third-order valence-electron chi connectivity index (χ3n) is 6.80. The lowest BCUT2D eigenvalue weighted by molar-refractivity contribution is -0.139. The van der Waals surface area contributed by atoms with Crippen LogP contribution in [0.1, 0.15) is 79.8 Å². The van der Waals surface area contributed by atoms with Crippen molar-refractivity contribution in [3.05, 3.63) is 59.2 Å². The second-order valence-electron chi connectivity index (χ2n) is 9.52. The van der Waals surface area contributed by atoms with E-state index in [-0.39, 0.29) is 5.91 Å². The van der Waals surface area contributed by atoms with Crippen LogP contribution < -0.4 is 10.6 Å². The fourth-order valence-electron chi connectivity index (χ4n) is 4.56. The number of carboxylic acids is 1. The summed E-state index contributed by atoms with van der Waals surface area (Å²) in [5, 5.41) is 14.9. The molecule has 7 heteroatoms. The highest BCUT2D eigenvalue weighted by atomic mass is 32.2. The molecule has 2 aromatic rings. The van der Waals surface area contributed by atoms with Crippen LogP contribution in [0.4, 0.5) is 0 Å². The molecule has 0 aliphatic heterocycles. The Hall–Kier alpha value is -2.80. The van der Waals surface area contributed by atoms with Crippen molar-refractivity contribution in [1.29, 1.82) is 0 Å². The van der Waals surface area contributed by atoms with Crippen LogP contribution in [-0.2, 0) is 16.0 Å². The topological polar surface area (TPSA) is 95.5 Å². The average molecular weight is 527 g/mol. The Balaban J connectivity index is 0.000000364. The van der Waals surface area contributed by atoms with Gasteiger partial charge in [-0.15, -0.1) is 0 Å². The molecule has 3 N–H and O–H groups in total. The molecular weight excluding hydrogens is 484 g/mol. The number of aryl methyl sites for hydroxylation is 2. The highest BCUT2D eigenvalue weighted by Crippen LogP contribution is 2.28. The molecule has 0 aromatic heterocycles. The molecule has 1 saturated carbocycles. The maximum Gasteiger partial charge on any atom is 0.326 e. The van der Waals surface area contributed by atoms with Gasteiger partial charge in [-0.2, -0.15) is 11.8 Å². The van der Waals surface area contributed by atoms with E-state index in [0.717, 1.165) is 35.1 Å². The molecule has 1 aliphatic rings.